The molecule has 0 unspecified atom stereocenters. The lowest BCUT2D eigenvalue weighted by Gasteiger charge is -2.41. The summed E-state index contributed by atoms with van der Waals surface area (Å²) in [5, 5.41) is 4.11. The molecule has 17 heavy (non-hydrogen) atoms. The maximum atomic E-state index is 5.91. The number of nitrogens with zero attached hydrogens (tertiary/aromatic N) is 3. The molecule has 0 aliphatic heterocycles. The van der Waals surface area contributed by atoms with Crippen LogP contribution in [0, 0.1) is 0 Å². The van der Waals surface area contributed by atoms with Crippen molar-refractivity contribution in [2.24, 2.45) is 5.73 Å². The van der Waals surface area contributed by atoms with Gasteiger partial charge in [-0.15, -0.1) is 0 Å². The Morgan fingerprint density at radius 1 is 1.24 bits per heavy atom. The van der Waals surface area contributed by atoms with Gasteiger partial charge in [0.1, 0.15) is 12.7 Å². The Labute approximate surface area is 100 Å². The van der Waals surface area contributed by atoms with Gasteiger partial charge in [-0.05, 0) is 30.5 Å². The van der Waals surface area contributed by atoms with Crippen LogP contribution in [-0.4, -0.2) is 21.3 Å². The minimum Gasteiger partial charge on any atom is -0.330 e. The van der Waals surface area contributed by atoms with Crippen molar-refractivity contribution in [3.63, 3.8) is 0 Å². The molecule has 0 saturated heterocycles. The molecule has 4 heteroatoms. The Kier molecular flexibility index (Phi) is 2.44. The molecule has 1 aromatic heterocycles. The van der Waals surface area contributed by atoms with Crippen molar-refractivity contribution in [2.45, 2.75) is 24.7 Å². The van der Waals surface area contributed by atoms with Gasteiger partial charge in [0.25, 0.3) is 0 Å². The quantitative estimate of drug-likeness (QED) is 0.869. The summed E-state index contributed by atoms with van der Waals surface area (Å²) in [5.74, 6) is 0. The van der Waals surface area contributed by atoms with Gasteiger partial charge in [0.05, 0.1) is 5.69 Å². The number of hydrogen-bond donors (Lipinski definition) is 1. The van der Waals surface area contributed by atoms with E-state index in [9.17, 15) is 0 Å². The monoisotopic (exact) mass is 228 g/mol. The standard InChI is InChI=1S/C13H16N4/c14-8-13(6-1-7-13)11-2-4-12(5-3-11)17-10-15-9-16-17/h2-5,9-10H,1,6-8,14H2. The molecule has 1 aliphatic carbocycles. The third kappa shape index (κ3) is 1.65. The lowest BCUT2D eigenvalue weighted by Crippen LogP contribution is -2.41. The Morgan fingerprint density at radius 3 is 2.47 bits per heavy atom. The summed E-state index contributed by atoms with van der Waals surface area (Å²) in [7, 11) is 0. The average molecular weight is 228 g/mol. The molecule has 4 nitrogen and oxygen atoms in total. The van der Waals surface area contributed by atoms with Crippen LogP contribution in [0.4, 0.5) is 0 Å². The van der Waals surface area contributed by atoms with E-state index in [1.807, 2.05) is 0 Å². The Hall–Kier alpha value is -1.68. The number of aromatic nitrogens is 3. The summed E-state index contributed by atoms with van der Waals surface area (Å²) in [6.45, 7) is 0.746. The topological polar surface area (TPSA) is 56.7 Å². The van der Waals surface area contributed by atoms with Gasteiger partial charge in [0, 0.05) is 12.0 Å². The van der Waals surface area contributed by atoms with E-state index in [0.717, 1.165) is 12.2 Å². The predicted octanol–water partition coefficient (Wildman–Crippen LogP) is 1.65. The van der Waals surface area contributed by atoms with Gasteiger partial charge >= 0.3 is 0 Å². The van der Waals surface area contributed by atoms with Crippen LogP contribution in [0.2, 0.25) is 0 Å². The minimum absolute atomic E-state index is 0.237. The summed E-state index contributed by atoms with van der Waals surface area (Å²) < 4.78 is 1.76. The fourth-order valence-electron chi connectivity index (χ4n) is 2.52. The molecule has 1 aromatic carbocycles. The number of benzene rings is 1. The smallest absolute Gasteiger partial charge is 0.138 e. The molecule has 0 bridgehead atoms. The van der Waals surface area contributed by atoms with Gasteiger partial charge in [-0.25, -0.2) is 9.67 Å². The molecule has 1 heterocycles. The molecule has 1 aliphatic rings. The zero-order chi connectivity index (χ0) is 11.7. The van der Waals surface area contributed by atoms with Crippen LogP contribution in [0.3, 0.4) is 0 Å². The Balaban J connectivity index is 1.90. The lowest BCUT2D eigenvalue weighted by atomic mass is 9.64. The highest BCUT2D eigenvalue weighted by molar-refractivity contribution is 5.38. The summed E-state index contributed by atoms with van der Waals surface area (Å²) >= 11 is 0. The van der Waals surface area contributed by atoms with E-state index >= 15 is 0 Å². The summed E-state index contributed by atoms with van der Waals surface area (Å²) in [6, 6.07) is 8.51. The normalized spacial score (nSPS) is 17.7. The first kappa shape index (κ1) is 10.5. The molecule has 0 amide bonds. The van der Waals surface area contributed by atoms with E-state index in [1.165, 1.54) is 24.8 Å². The lowest BCUT2D eigenvalue weighted by molar-refractivity contribution is 0.253. The highest BCUT2D eigenvalue weighted by Crippen LogP contribution is 2.42. The molecular formula is C13H16N4. The van der Waals surface area contributed by atoms with Gasteiger partial charge in [-0.1, -0.05) is 18.6 Å². The van der Waals surface area contributed by atoms with E-state index in [4.69, 9.17) is 5.73 Å². The van der Waals surface area contributed by atoms with Crippen molar-refractivity contribution < 1.29 is 0 Å². The van der Waals surface area contributed by atoms with E-state index < -0.39 is 0 Å². The van der Waals surface area contributed by atoms with Crippen LogP contribution in [0.1, 0.15) is 24.8 Å². The number of hydrogen-bond acceptors (Lipinski definition) is 3. The fourth-order valence-corrected chi connectivity index (χ4v) is 2.52. The van der Waals surface area contributed by atoms with Gasteiger partial charge in [0.15, 0.2) is 0 Å². The van der Waals surface area contributed by atoms with Gasteiger partial charge in [0.2, 0.25) is 0 Å². The van der Waals surface area contributed by atoms with E-state index in [1.54, 1.807) is 17.3 Å². The van der Waals surface area contributed by atoms with Crippen molar-refractivity contribution in [1.29, 1.82) is 0 Å². The second-order valence-corrected chi connectivity index (χ2v) is 4.72. The predicted molar refractivity (Wildman–Crippen MR) is 65.9 cm³/mol. The summed E-state index contributed by atoms with van der Waals surface area (Å²) in [6.07, 6.45) is 6.97. The Bertz CT molecular complexity index is 477. The molecule has 0 radical (unpaired) electrons. The summed E-state index contributed by atoms with van der Waals surface area (Å²) in [4.78, 5) is 3.95. The molecule has 3 rings (SSSR count). The molecule has 2 N–H and O–H groups in total. The minimum atomic E-state index is 0.237. The number of nitrogens with two attached hydrogens (primary N) is 1. The van der Waals surface area contributed by atoms with Crippen LogP contribution in [0.15, 0.2) is 36.9 Å². The van der Waals surface area contributed by atoms with Crippen molar-refractivity contribution in [3.8, 4) is 5.69 Å². The molecule has 0 atom stereocenters. The zero-order valence-corrected chi connectivity index (χ0v) is 9.71. The van der Waals surface area contributed by atoms with E-state index in [2.05, 4.69) is 34.3 Å². The highest BCUT2D eigenvalue weighted by atomic mass is 15.3. The SMILES string of the molecule is NCC1(c2ccc(-n3cncn3)cc2)CCC1. The molecule has 0 spiro atoms. The average Bonchev–Trinajstić information content (AvgIpc) is 2.83. The maximum Gasteiger partial charge on any atom is 0.138 e. The van der Waals surface area contributed by atoms with Crippen molar-refractivity contribution in [2.75, 3.05) is 6.54 Å². The number of rotatable bonds is 3. The molecule has 2 aromatic rings. The van der Waals surface area contributed by atoms with Crippen LogP contribution < -0.4 is 5.73 Å². The van der Waals surface area contributed by atoms with Gasteiger partial charge in [-0.2, -0.15) is 5.10 Å². The van der Waals surface area contributed by atoms with Gasteiger partial charge < -0.3 is 5.73 Å². The van der Waals surface area contributed by atoms with E-state index in [-0.39, 0.29) is 5.41 Å². The first-order valence-corrected chi connectivity index (χ1v) is 6.00. The Morgan fingerprint density at radius 2 is 2.00 bits per heavy atom. The third-order valence-electron chi connectivity index (χ3n) is 3.86. The molecule has 1 saturated carbocycles. The molecule has 88 valence electrons. The van der Waals surface area contributed by atoms with Crippen molar-refractivity contribution in [3.05, 3.63) is 42.5 Å². The largest absolute Gasteiger partial charge is 0.330 e. The van der Waals surface area contributed by atoms with Crippen LogP contribution >= 0.6 is 0 Å². The molecule has 1 fully saturated rings. The van der Waals surface area contributed by atoms with Crippen LogP contribution in [0.25, 0.3) is 5.69 Å². The third-order valence-corrected chi connectivity index (χ3v) is 3.86. The second kappa shape index (κ2) is 3.96. The van der Waals surface area contributed by atoms with Crippen molar-refractivity contribution in [1.82, 2.24) is 14.8 Å². The van der Waals surface area contributed by atoms with Crippen LogP contribution in [0.5, 0.6) is 0 Å². The second-order valence-electron chi connectivity index (χ2n) is 4.72. The maximum absolute atomic E-state index is 5.91. The highest BCUT2D eigenvalue weighted by Gasteiger charge is 2.36. The van der Waals surface area contributed by atoms with Crippen molar-refractivity contribution >= 4 is 0 Å². The zero-order valence-electron chi connectivity index (χ0n) is 9.71. The van der Waals surface area contributed by atoms with Gasteiger partial charge in [-0.3, -0.25) is 0 Å². The fraction of sp³-hybridized carbons (Fsp3) is 0.385. The van der Waals surface area contributed by atoms with E-state index in [0.29, 0.717) is 0 Å². The first-order valence-electron chi connectivity index (χ1n) is 6.00. The summed E-state index contributed by atoms with van der Waals surface area (Å²) in [5.41, 5.74) is 8.54. The first-order chi connectivity index (χ1) is 8.34. The van der Waals surface area contributed by atoms with Crippen LogP contribution in [-0.2, 0) is 5.41 Å². The molecular weight excluding hydrogens is 212 g/mol.